The normalized spacial score (nSPS) is 10.7. The van der Waals surface area contributed by atoms with Crippen molar-refractivity contribution >= 4 is 23.7 Å². The number of benzene rings is 2. The number of carbonyl (C=O) groups excluding carboxylic acids is 3. The summed E-state index contributed by atoms with van der Waals surface area (Å²) >= 11 is 0. The van der Waals surface area contributed by atoms with Crippen molar-refractivity contribution in [2.45, 2.75) is 27.3 Å². The summed E-state index contributed by atoms with van der Waals surface area (Å²) in [5, 5.41) is 5.65. The van der Waals surface area contributed by atoms with E-state index in [9.17, 15) is 14.4 Å². The highest BCUT2D eigenvalue weighted by Gasteiger charge is 2.11. The molecular formula is C23H26N2O5. The van der Waals surface area contributed by atoms with Crippen molar-refractivity contribution in [1.29, 1.82) is 0 Å². The van der Waals surface area contributed by atoms with Crippen molar-refractivity contribution in [3.8, 4) is 5.75 Å². The first-order valence-corrected chi connectivity index (χ1v) is 9.69. The van der Waals surface area contributed by atoms with Crippen LogP contribution < -0.4 is 15.4 Å². The molecule has 2 N–H and O–H groups in total. The molecule has 7 nitrogen and oxygen atoms in total. The maximum absolute atomic E-state index is 12.6. The first-order chi connectivity index (χ1) is 14.4. The van der Waals surface area contributed by atoms with Crippen LogP contribution in [0.25, 0.3) is 0 Å². The molecule has 0 bridgehead atoms. The Hall–Kier alpha value is -3.61. The molecule has 7 heteroatoms. The van der Waals surface area contributed by atoms with Gasteiger partial charge in [0.1, 0.15) is 5.75 Å². The zero-order valence-corrected chi connectivity index (χ0v) is 17.3. The van der Waals surface area contributed by atoms with Crippen LogP contribution in [0.2, 0.25) is 0 Å². The molecule has 0 saturated heterocycles. The number of allylic oxidation sites excluding steroid dienone is 1. The maximum Gasteiger partial charge on any atom is 0.513 e. The fourth-order valence-corrected chi connectivity index (χ4v) is 2.43. The molecule has 30 heavy (non-hydrogen) atoms. The van der Waals surface area contributed by atoms with Crippen molar-refractivity contribution in [2.24, 2.45) is 5.92 Å². The van der Waals surface area contributed by atoms with Gasteiger partial charge in [-0.2, -0.15) is 0 Å². The van der Waals surface area contributed by atoms with E-state index in [0.29, 0.717) is 11.3 Å². The minimum atomic E-state index is -0.797. The van der Waals surface area contributed by atoms with Gasteiger partial charge in [-0.25, -0.2) is 4.79 Å². The molecule has 0 aromatic heterocycles. The second-order valence-corrected chi connectivity index (χ2v) is 6.74. The summed E-state index contributed by atoms with van der Waals surface area (Å²) in [7, 11) is 0. The zero-order chi connectivity index (χ0) is 21.9. The average molecular weight is 410 g/mol. The number of rotatable bonds is 8. The fraction of sp³-hybridized carbons (Fsp3) is 0.261. The van der Waals surface area contributed by atoms with Gasteiger partial charge in [-0.05, 0) is 54.8 Å². The molecule has 0 aliphatic carbocycles. The second-order valence-electron chi connectivity index (χ2n) is 6.74. The van der Waals surface area contributed by atoms with Gasteiger partial charge in [-0.15, -0.1) is 0 Å². The van der Waals surface area contributed by atoms with E-state index in [2.05, 4.69) is 10.6 Å². The number of hydrogen-bond donors (Lipinski definition) is 2. The lowest BCUT2D eigenvalue weighted by molar-refractivity contribution is -0.116. The average Bonchev–Trinajstić information content (AvgIpc) is 2.72. The predicted octanol–water partition coefficient (Wildman–Crippen LogP) is 4.30. The second kappa shape index (κ2) is 11.4. The molecule has 0 saturated carbocycles. The van der Waals surface area contributed by atoms with Crippen molar-refractivity contribution in [2.75, 3.05) is 11.9 Å². The summed E-state index contributed by atoms with van der Waals surface area (Å²) in [5.74, 6) is 0.0529. The summed E-state index contributed by atoms with van der Waals surface area (Å²) in [4.78, 5) is 35.8. The van der Waals surface area contributed by atoms with Crippen LogP contribution in [0.5, 0.6) is 5.75 Å². The highest BCUT2D eigenvalue weighted by atomic mass is 16.7. The first-order valence-electron chi connectivity index (χ1n) is 9.69. The Labute approximate surface area is 176 Å². The van der Waals surface area contributed by atoms with Crippen LogP contribution in [0.4, 0.5) is 10.5 Å². The van der Waals surface area contributed by atoms with E-state index >= 15 is 0 Å². The molecule has 0 aliphatic rings. The number of carbonyl (C=O) groups is 3. The zero-order valence-electron chi connectivity index (χ0n) is 17.3. The van der Waals surface area contributed by atoms with Gasteiger partial charge in [0, 0.05) is 17.8 Å². The number of ether oxygens (including phenoxy) is 2. The van der Waals surface area contributed by atoms with Gasteiger partial charge < -0.3 is 20.1 Å². The summed E-state index contributed by atoms with van der Waals surface area (Å²) in [6, 6.07) is 13.4. The van der Waals surface area contributed by atoms with E-state index in [0.717, 1.165) is 5.56 Å². The highest BCUT2D eigenvalue weighted by molar-refractivity contribution is 6.04. The van der Waals surface area contributed by atoms with Crippen LogP contribution in [-0.2, 0) is 16.1 Å². The molecule has 0 aliphatic heterocycles. The minimum absolute atomic E-state index is 0.193. The topological polar surface area (TPSA) is 93.7 Å². The van der Waals surface area contributed by atoms with Crippen LogP contribution in [0.3, 0.4) is 0 Å². The van der Waals surface area contributed by atoms with Gasteiger partial charge in [0.25, 0.3) is 5.91 Å². The molecule has 2 aromatic rings. The van der Waals surface area contributed by atoms with Gasteiger partial charge in [0.2, 0.25) is 5.91 Å². The number of nitrogens with one attached hydrogen (secondary N) is 2. The summed E-state index contributed by atoms with van der Waals surface area (Å²) in [6.45, 7) is 6.16. The summed E-state index contributed by atoms with van der Waals surface area (Å²) in [6.07, 6.45) is 2.53. The Morgan fingerprint density at radius 3 is 2.40 bits per heavy atom. The highest BCUT2D eigenvalue weighted by Crippen LogP contribution is 2.18. The van der Waals surface area contributed by atoms with E-state index in [-0.39, 0.29) is 36.6 Å². The molecule has 0 atom stereocenters. The Balaban J connectivity index is 2.00. The van der Waals surface area contributed by atoms with Gasteiger partial charge in [0.05, 0.1) is 6.61 Å². The number of hydrogen-bond acceptors (Lipinski definition) is 5. The van der Waals surface area contributed by atoms with Gasteiger partial charge in [0.15, 0.2) is 0 Å². The molecule has 0 radical (unpaired) electrons. The Morgan fingerprint density at radius 1 is 1.03 bits per heavy atom. The van der Waals surface area contributed by atoms with Gasteiger partial charge in [-0.3, -0.25) is 9.59 Å². The first kappa shape index (κ1) is 22.7. The standard InChI is InChI=1S/C23H26N2O5/c1-4-29-23(28)30-19-12-10-17(11-13-19)22(27)25-20-8-6-5-7-18(20)15-24-21(26)14-9-16(2)3/h5-14,16H,4,15H2,1-3H3,(H,24,26)(H,25,27)/b14-9+. The van der Waals surface area contributed by atoms with E-state index < -0.39 is 6.16 Å². The molecule has 0 spiro atoms. The van der Waals surface area contributed by atoms with Crippen LogP contribution >= 0.6 is 0 Å². The van der Waals surface area contributed by atoms with Gasteiger partial charge in [-0.1, -0.05) is 38.1 Å². The predicted molar refractivity (Wildman–Crippen MR) is 114 cm³/mol. The van der Waals surface area contributed by atoms with Crippen LogP contribution in [0.1, 0.15) is 36.7 Å². The Bertz CT molecular complexity index is 904. The third-order valence-corrected chi connectivity index (χ3v) is 3.93. The Morgan fingerprint density at radius 2 is 1.73 bits per heavy atom. The lowest BCUT2D eigenvalue weighted by atomic mass is 10.1. The summed E-state index contributed by atoms with van der Waals surface area (Å²) < 4.78 is 9.68. The SMILES string of the molecule is CCOC(=O)Oc1ccc(C(=O)Nc2ccccc2CNC(=O)/C=C/C(C)C)cc1. The molecular weight excluding hydrogens is 384 g/mol. The molecule has 2 aromatic carbocycles. The largest absolute Gasteiger partial charge is 0.513 e. The molecule has 158 valence electrons. The quantitative estimate of drug-likeness (QED) is 0.384. The van der Waals surface area contributed by atoms with E-state index in [4.69, 9.17) is 9.47 Å². The molecule has 0 unspecified atom stereocenters. The minimum Gasteiger partial charge on any atom is -0.434 e. The van der Waals surface area contributed by atoms with E-state index in [1.165, 1.54) is 18.2 Å². The molecule has 0 heterocycles. The third kappa shape index (κ3) is 7.43. The van der Waals surface area contributed by atoms with Crippen LogP contribution in [0.15, 0.2) is 60.7 Å². The smallest absolute Gasteiger partial charge is 0.434 e. The molecule has 2 rings (SSSR count). The van der Waals surface area contributed by atoms with Crippen molar-refractivity contribution in [3.63, 3.8) is 0 Å². The molecule has 2 amide bonds. The van der Waals surface area contributed by atoms with Crippen molar-refractivity contribution in [3.05, 3.63) is 71.8 Å². The van der Waals surface area contributed by atoms with E-state index in [1.807, 2.05) is 32.1 Å². The van der Waals surface area contributed by atoms with Gasteiger partial charge >= 0.3 is 6.16 Å². The molecule has 0 fully saturated rings. The lowest BCUT2D eigenvalue weighted by Gasteiger charge is -2.12. The van der Waals surface area contributed by atoms with Crippen LogP contribution in [0, 0.1) is 5.92 Å². The monoisotopic (exact) mass is 410 g/mol. The van der Waals surface area contributed by atoms with Crippen LogP contribution in [-0.4, -0.2) is 24.6 Å². The maximum atomic E-state index is 12.6. The fourth-order valence-electron chi connectivity index (χ4n) is 2.43. The lowest BCUT2D eigenvalue weighted by Crippen LogP contribution is -2.22. The third-order valence-electron chi connectivity index (χ3n) is 3.93. The Kier molecular flexibility index (Phi) is 8.62. The number of para-hydroxylation sites is 1. The number of anilines is 1. The summed E-state index contributed by atoms with van der Waals surface area (Å²) in [5.41, 5.74) is 1.77. The van der Waals surface area contributed by atoms with Crippen molar-refractivity contribution < 1.29 is 23.9 Å². The van der Waals surface area contributed by atoms with Crippen molar-refractivity contribution in [1.82, 2.24) is 5.32 Å². The van der Waals surface area contributed by atoms with E-state index in [1.54, 1.807) is 31.2 Å². The number of amides is 2.